The molecule has 0 amide bonds. The van der Waals surface area contributed by atoms with E-state index >= 15 is 0 Å². The van der Waals surface area contributed by atoms with Gasteiger partial charge in [0.15, 0.2) is 11.6 Å². The average molecular weight is 355 g/mol. The number of para-hydroxylation sites is 1. The Hall–Kier alpha value is -1.53. The van der Waals surface area contributed by atoms with Gasteiger partial charge in [0.05, 0.1) is 16.8 Å². The fourth-order valence-corrected chi connectivity index (χ4v) is 3.19. The van der Waals surface area contributed by atoms with Crippen LogP contribution in [-0.4, -0.2) is 4.98 Å². The van der Waals surface area contributed by atoms with Gasteiger partial charge in [-0.1, -0.05) is 12.1 Å². The molecule has 0 fully saturated rings. The van der Waals surface area contributed by atoms with Crippen molar-refractivity contribution in [3.05, 3.63) is 57.5 Å². The maximum Gasteiger partial charge on any atom is 0.178 e. The number of fused-ring (bicyclic) bond motifs is 1. The summed E-state index contributed by atoms with van der Waals surface area (Å²) in [5.41, 5.74) is 1.41. The van der Waals surface area contributed by atoms with E-state index in [1.54, 1.807) is 0 Å². The van der Waals surface area contributed by atoms with Gasteiger partial charge >= 0.3 is 0 Å². The highest BCUT2D eigenvalue weighted by Gasteiger charge is 2.12. The van der Waals surface area contributed by atoms with Crippen molar-refractivity contribution in [1.82, 2.24) is 4.98 Å². The topological polar surface area (TPSA) is 24.9 Å². The lowest BCUT2D eigenvalue weighted by Crippen LogP contribution is -1.99. The molecule has 0 saturated heterocycles. The van der Waals surface area contributed by atoms with Gasteiger partial charge < -0.3 is 5.32 Å². The molecule has 2 nitrogen and oxygen atoms in total. The first kappa shape index (κ1) is 13.5. The smallest absolute Gasteiger partial charge is 0.178 e. The van der Waals surface area contributed by atoms with Gasteiger partial charge in [0, 0.05) is 10.2 Å². The van der Waals surface area contributed by atoms with Gasteiger partial charge in [0.2, 0.25) is 0 Å². The Morgan fingerprint density at radius 2 is 1.95 bits per heavy atom. The minimum absolute atomic E-state index is 0.258. The van der Waals surface area contributed by atoms with Gasteiger partial charge in [-0.25, -0.2) is 13.8 Å². The lowest BCUT2D eigenvalue weighted by atomic mass is 10.3. The average Bonchev–Trinajstić information content (AvgIpc) is 2.86. The summed E-state index contributed by atoms with van der Waals surface area (Å²) >= 11 is 4.60. The van der Waals surface area contributed by atoms with E-state index in [2.05, 4.69) is 26.2 Å². The van der Waals surface area contributed by atoms with Crippen LogP contribution in [0.3, 0.4) is 0 Å². The highest BCUT2D eigenvalue weighted by Crippen LogP contribution is 2.28. The van der Waals surface area contributed by atoms with Gasteiger partial charge in [-0.15, -0.1) is 11.3 Å². The molecule has 1 aromatic heterocycles. The molecule has 2 aromatic carbocycles. The van der Waals surface area contributed by atoms with Crippen LogP contribution in [0.2, 0.25) is 0 Å². The summed E-state index contributed by atoms with van der Waals surface area (Å²) in [4.78, 5) is 4.29. The first-order valence-corrected chi connectivity index (χ1v) is 7.48. The van der Waals surface area contributed by atoms with E-state index in [0.29, 0.717) is 17.1 Å². The number of nitrogens with zero attached hydrogens (tertiary/aromatic N) is 1. The van der Waals surface area contributed by atoms with Crippen molar-refractivity contribution in [2.75, 3.05) is 5.32 Å². The van der Waals surface area contributed by atoms with E-state index in [9.17, 15) is 8.78 Å². The highest BCUT2D eigenvalue weighted by molar-refractivity contribution is 9.10. The van der Waals surface area contributed by atoms with Crippen molar-refractivity contribution in [3.63, 3.8) is 0 Å². The van der Waals surface area contributed by atoms with Crippen molar-refractivity contribution in [3.8, 4) is 0 Å². The molecular weight excluding hydrogens is 346 g/mol. The van der Waals surface area contributed by atoms with Crippen molar-refractivity contribution >= 4 is 43.2 Å². The summed E-state index contributed by atoms with van der Waals surface area (Å²) in [6.45, 7) is 0.461. The third kappa shape index (κ3) is 2.53. The lowest BCUT2D eigenvalue weighted by molar-refractivity contribution is 0.518. The number of nitrogens with one attached hydrogen (secondary N) is 1. The Kier molecular flexibility index (Phi) is 3.67. The summed E-state index contributed by atoms with van der Waals surface area (Å²) in [6.07, 6.45) is 0. The number of thiazole rings is 1. The van der Waals surface area contributed by atoms with Gasteiger partial charge in [0.25, 0.3) is 0 Å². The molecule has 0 spiro atoms. The Labute approximate surface area is 126 Å². The second kappa shape index (κ2) is 5.46. The molecule has 0 bridgehead atoms. The molecule has 0 aliphatic heterocycles. The van der Waals surface area contributed by atoms with Gasteiger partial charge in [0.1, 0.15) is 5.01 Å². The normalized spacial score (nSPS) is 10.9. The summed E-state index contributed by atoms with van der Waals surface area (Å²) < 4.78 is 28.0. The molecule has 0 atom stereocenters. The predicted octanol–water partition coefficient (Wildman–Crippen LogP) is 4.95. The Morgan fingerprint density at radius 1 is 1.15 bits per heavy atom. The summed E-state index contributed by atoms with van der Waals surface area (Å²) in [5, 5.41) is 3.92. The molecular formula is C14H9BrF2N2S. The highest BCUT2D eigenvalue weighted by atomic mass is 79.9. The van der Waals surface area contributed by atoms with E-state index in [4.69, 9.17) is 0 Å². The molecule has 0 unspecified atom stereocenters. The quantitative estimate of drug-likeness (QED) is 0.719. The fourth-order valence-electron chi connectivity index (χ4n) is 1.83. The lowest BCUT2D eigenvalue weighted by Gasteiger charge is -2.05. The van der Waals surface area contributed by atoms with Crippen molar-refractivity contribution < 1.29 is 8.78 Å². The Morgan fingerprint density at radius 3 is 2.75 bits per heavy atom. The van der Waals surface area contributed by atoms with E-state index in [1.807, 2.05) is 24.3 Å². The number of rotatable bonds is 3. The molecule has 102 valence electrons. The third-order valence-electron chi connectivity index (χ3n) is 2.80. The van der Waals surface area contributed by atoms with Crippen LogP contribution in [0.15, 0.2) is 40.9 Å². The van der Waals surface area contributed by atoms with Crippen LogP contribution < -0.4 is 5.32 Å². The van der Waals surface area contributed by atoms with Crippen molar-refractivity contribution in [2.24, 2.45) is 0 Å². The molecule has 1 heterocycles. The van der Waals surface area contributed by atoms with Crippen molar-refractivity contribution in [2.45, 2.75) is 6.54 Å². The van der Waals surface area contributed by atoms with Crippen LogP contribution in [0.25, 0.3) is 10.2 Å². The predicted molar refractivity (Wildman–Crippen MR) is 81.0 cm³/mol. The number of aromatic nitrogens is 1. The van der Waals surface area contributed by atoms with Gasteiger partial charge in [-0.05, 0) is 40.2 Å². The second-order valence-electron chi connectivity index (χ2n) is 4.15. The number of anilines is 1. The Bertz CT molecular complexity index is 773. The minimum atomic E-state index is -0.841. The van der Waals surface area contributed by atoms with Gasteiger partial charge in [-0.3, -0.25) is 0 Å². The number of hydrogen-bond acceptors (Lipinski definition) is 3. The molecule has 0 aliphatic rings. The molecule has 0 saturated carbocycles. The van der Waals surface area contributed by atoms with Gasteiger partial charge in [-0.2, -0.15) is 0 Å². The zero-order valence-corrected chi connectivity index (χ0v) is 12.6. The van der Waals surface area contributed by atoms with Crippen LogP contribution in [0.5, 0.6) is 0 Å². The maximum atomic E-state index is 13.6. The summed E-state index contributed by atoms with van der Waals surface area (Å²) in [7, 11) is 0. The Balaban J connectivity index is 1.85. The summed E-state index contributed by atoms with van der Waals surface area (Å²) in [6, 6.07) is 10.3. The monoisotopic (exact) mass is 354 g/mol. The first-order chi connectivity index (χ1) is 9.65. The summed E-state index contributed by atoms with van der Waals surface area (Å²) in [5.74, 6) is -1.67. The second-order valence-corrected chi connectivity index (χ2v) is 6.09. The molecule has 1 N–H and O–H groups in total. The number of benzene rings is 2. The molecule has 0 aliphatic carbocycles. The van der Waals surface area contributed by atoms with E-state index in [0.717, 1.165) is 27.6 Å². The molecule has 6 heteroatoms. The zero-order chi connectivity index (χ0) is 14.1. The number of halogens is 3. The zero-order valence-electron chi connectivity index (χ0n) is 10.2. The van der Waals surface area contributed by atoms with Crippen LogP contribution >= 0.6 is 27.3 Å². The first-order valence-electron chi connectivity index (χ1n) is 5.87. The van der Waals surface area contributed by atoms with E-state index in [1.165, 1.54) is 6.07 Å². The minimum Gasteiger partial charge on any atom is -0.378 e. The third-order valence-corrected chi connectivity index (χ3v) is 4.55. The molecule has 20 heavy (non-hydrogen) atoms. The van der Waals surface area contributed by atoms with Crippen LogP contribution in [0.1, 0.15) is 5.01 Å². The molecule has 3 rings (SSSR count). The molecule has 0 radical (unpaired) electrons. The SMILES string of the molecule is Fc1ccc2nc(CNc3ccccc3Br)sc2c1F. The van der Waals surface area contributed by atoms with Crippen LogP contribution in [0, 0.1) is 11.6 Å². The van der Waals surface area contributed by atoms with Crippen LogP contribution in [0.4, 0.5) is 14.5 Å². The maximum absolute atomic E-state index is 13.6. The largest absolute Gasteiger partial charge is 0.378 e. The van der Waals surface area contributed by atoms with Crippen molar-refractivity contribution in [1.29, 1.82) is 0 Å². The fraction of sp³-hybridized carbons (Fsp3) is 0.0714. The number of hydrogen-bond donors (Lipinski definition) is 1. The van der Waals surface area contributed by atoms with E-state index < -0.39 is 11.6 Å². The standard InChI is InChI=1S/C14H9BrF2N2S/c15-8-3-1-2-4-10(8)18-7-12-19-11-6-5-9(16)13(17)14(11)20-12/h1-6,18H,7H2. The van der Waals surface area contributed by atoms with E-state index in [-0.39, 0.29) is 4.70 Å². The van der Waals surface area contributed by atoms with Crippen LogP contribution in [-0.2, 0) is 6.54 Å². The molecule has 3 aromatic rings.